The predicted octanol–water partition coefficient (Wildman–Crippen LogP) is 4.99. The lowest BCUT2D eigenvalue weighted by molar-refractivity contribution is 0.0593. The first-order valence-electron chi connectivity index (χ1n) is 10.9. The minimum absolute atomic E-state index is 0.00845. The van der Waals surface area contributed by atoms with Crippen LogP contribution in [0.2, 0.25) is 5.02 Å². The minimum Gasteiger partial charge on any atom is -0.490 e. The highest BCUT2D eigenvalue weighted by molar-refractivity contribution is 7.14. The molecule has 1 aromatic carbocycles. The fourth-order valence-electron chi connectivity index (χ4n) is 3.42. The van der Waals surface area contributed by atoms with Crippen molar-refractivity contribution in [2.75, 3.05) is 31.7 Å². The summed E-state index contributed by atoms with van der Waals surface area (Å²) in [6, 6.07) is 6.18. The number of hydrogen-bond donors (Lipinski definition) is 2. The summed E-state index contributed by atoms with van der Waals surface area (Å²) in [6.45, 7) is 10.8. The third-order valence-corrected chi connectivity index (χ3v) is 5.96. The van der Waals surface area contributed by atoms with Gasteiger partial charge in [-0.3, -0.25) is 0 Å². The second-order valence-corrected chi connectivity index (χ2v) is 9.56. The van der Waals surface area contributed by atoms with Gasteiger partial charge in [0.2, 0.25) is 0 Å². The normalized spacial score (nSPS) is 16.7. The van der Waals surface area contributed by atoms with E-state index in [2.05, 4.69) is 24.5 Å². The summed E-state index contributed by atoms with van der Waals surface area (Å²) in [5.41, 5.74) is 2.12. The zero-order chi connectivity index (χ0) is 22.7. The van der Waals surface area contributed by atoms with Crippen LogP contribution < -0.4 is 20.1 Å². The van der Waals surface area contributed by atoms with Crippen molar-refractivity contribution in [1.29, 1.82) is 0 Å². The Bertz CT molecular complexity index is 1070. The highest BCUT2D eigenvalue weighted by Gasteiger charge is 2.19. The molecule has 2 N–H and O–H groups in total. The van der Waals surface area contributed by atoms with Crippen molar-refractivity contribution in [3.63, 3.8) is 0 Å². The summed E-state index contributed by atoms with van der Waals surface area (Å²) in [6.07, 6.45) is 0.00845. The largest absolute Gasteiger partial charge is 0.490 e. The molecule has 1 aliphatic heterocycles. The Morgan fingerprint density at radius 3 is 2.78 bits per heavy atom. The molecule has 0 radical (unpaired) electrons. The molecule has 32 heavy (non-hydrogen) atoms. The number of nitrogens with zero attached hydrogens (tertiary/aromatic N) is 2. The van der Waals surface area contributed by atoms with Crippen LogP contribution in [0.5, 0.6) is 11.5 Å². The Morgan fingerprint density at radius 2 is 2.06 bits per heavy atom. The SMILES string of the molecule is CC(C)Nc1nc(-c2cc(OC(C)C)c3ccc(OC[C@@H]4COCCN4)c(Cl)c3n2)cs1. The number of fused-ring (bicyclic) bond motifs is 1. The van der Waals surface area contributed by atoms with Gasteiger partial charge in [-0.1, -0.05) is 11.6 Å². The number of pyridine rings is 1. The number of anilines is 1. The van der Waals surface area contributed by atoms with E-state index in [1.165, 1.54) is 0 Å². The van der Waals surface area contributed by atoms with Crippen molar-refractivity contribution in [1.82, 2.24) is 15.3 Å². The molecule has 0 saturated carbocycles. The molecule has 1 atom stereocenters. The van der Waals surface area contributed by atoms with E-state index in [4.69, 9.17) is 35.8 Å². The van der Waals surface area contributed by atoms with Gasteiger partial charge in [0.15, 0.2) is 5.13 Å². The van der Waals surface area contributed by atoms with E-state index in [0.29, 0.717) is 41.2 Å². The lowest BCUT2D eigenvalue weighted by Gasteiger charge is -2.24. The number of rotatable bonds is 8. The standard InChI is InChI=1S/C23H29ClN4O3S/c1-13(2)26-23-28-18(12-32-23)17-9-20(31-14(3)4)16-5-6-19(21(24)22(16)27-17)30-11-15-10-29-8-7-25-15/h5-6,9,12-15,25H,7-8,10-11H2,1-4H3,(H,26,28)/t15-/m0/s1. The van der Waals surface area contributed by atoms with Gasteiger partial charge in [0.25, 0.3) is 0 Å². The van der Waals surface area contributed by atoms with Crippen LogP contribution in [0.1, 0.15) is 27.7 Å². The molecule has 7 nitrogen and oxygen atoms in total. The van der Waals surface area contributed by atoms with E-state index in [9.17, 15) is 0 Å². The van der Waals surface area contributed by atoms with Crippen molar-refractivity contribution in [2.45, 2.75) is 45.9 Å². The van der Waals surface area contributed by atoms with Gasteiger partial charge in [0, 0.05) is 29.4 Å². The van der Waals surface area contributed by atoms with Crippen LogP contribution in [0.3, 0.4) is 0 Å². The summed E-state index contributed by atoms with van der Waals surface area (Å²) in [5.74, 6) is 1.31. The summed E-state index contributed by atoms with van der Waals surface area (Å²) < 4.78 is 17.6. The van der Waals surface area contributed by atoms with E-state index < -0.39 is 0 Å². The van der Waals surface area contributed by atoms with Crippen molar-refractivity contribution in [3.05, 3.63) is 28.6 Å². The van der Waals surface area contributed by atoms with Crippen LogP contribution in [0, 0.1) is 0 Å². The summed E-state index contributed by atoms with van der Waals surface area (Å²) in [5, 5.41) is 10.9. The number of hydrogen-bond acceptors (Lipinski definition) is 8. The number of aromatic nitrogens is 2. The van der Waals surface area contributed by atoms with Crippen LogP contribution in [0.4, 0.5) is 5.13 Å². The maximum atomic E-state index is 6.78. The van der Waals surface area contributed by atoms with Gasteiger partial charge in [0.1, 0.15) is 28.8 Å². The second kappa shape index (κ2) is 10.2. The minimum atomic E-state index is 0.00845. The van der Waals surface area contributed by atoms with E-state index in [1.54, 1.807) is 11.3 Å². The molecule has 172 valence electrons. The smallest absolute Gasteiger partial charge is 0.183 e. The molecular weight excluding hydrogens is 448 g/mol. The first-order valence-corrected chi connectivity index (χ1v) is 12.1. The van der Waals surface area contributed by atoms with E-state index in [1.807, 2.05) is 37.4 Å². The van der Waals surface area contributed by atoms with E-state index in [0.717, 1.165) is 35.1 Å². The van der Waals surface area contributed by atoms with Crippen LogP contribution >= 0.6 is 22.9 Å². The van der Waals surface area contributed by atoms with Crippen LogP contribution in [-0.2, 0) is 4.74 Å². The van der Waals surface area contributed by atoms with Crippen molar-refractivity contribution in [2.24, 2.45) is 0 Å². The average molecular weight is 477 g/mol. The fourth-order valence-corrected chi connectivity index (χ4v) is 4.54. The molecule has 2 aromatic heterocycles. The zero-order valence-electron chi connectivity index (χ0n) is 18.8. The van der Waals surface area contributed by atoms with Gasteiger partial charge in [0.05, 0.1) is 36.6 Å². The van der Waals surface area contributed by atoms with Gasteiger partial charge in [-0.25, -0.2) is 9.97 Å². The molecule has 1 aliphatic rings. The van der Waals surface area contributed by atoms with Gasteiger partial charge in [-0.2, -0.15) is 0 Å². The first-order chi connectivity index (χ1) is 15.4. The summed E-state index contributed by atoms with van der Waals surface area (Å²) in [4.78, 5) is 9.54. The molecule has 3 heterocycles. The lowest BCUT2D eigenvalue weighted by Crippen LogP contribution is -2.44. The predicted molar refractivity (Wildman–Crippen MR) is 130 cm³/mol. The molecule has 1 fully saturated rings. The number of morpholine rings is 1. The summed E-state index contributed by atoms with van der Waals surface area (Å²) in [7, 11) is 0. The topological polar surface area (TPSA) is 77.5 Å². The maximum Gasteiger partial charge on any atom is 0.183 e. The van der Waals surface area contributed by atoms with Crippen LogP contribution in [-0.4, -0.2) is 54.5 Å². The fraction of sp³-hybridized carbons (Fsp3) is 0.478. The Labute approximate surface area is 197 Å². The van der Waals surface area contributed by atoms with Gasteiger partial charge >= 0.3 is 0 Å². The van der Waals surface area contributed by atoms with Crippen molar-refractivity contribution < 1.29 is 14.2 Å². The average Bonchev–Trinajstić information content (AvgIpc) is 3.21. The van der Waals surface area contributed by atoms with Gasteiger partial charge < -0.3 is 24.8 Å². The first kappa shape index (κ1) is 23.0. The highest BCUT2D eigenvalue weighted by Crippen LogP contribution is 2.39. The second-order valence-electron chi connectivity index (χ2n) is 8.32. The number of halogens is 1. The molecule has 1 saturated heterocycles. The van der Waals surface area contributed by atoms with E-state index >= 15 is 0 Å². The Hall–Kier alpha value is -2.13. The Balaban J connectivity index is 1.69. The molecule has 0 spiro atoms. The third-order valence-electron chi connectivity index (χ3n) is 4.83. The molecule has 0 amide bonds. The van der Waals surface area contributed by atoms with Crippen molar-refractivity contribution >= 4 is 39.0 Å². The zero-order valence-corrected chi connectivity index (χ0v) is 20.3. The molecule has 4 rings (SSSR count). The highest BCUT2D eigenvalue weighted by atomic mass is 35.5. The van der Waals surface area contributed by atoms with Crippen molar-refractivity contribution in [3.8, 4) is 22.9 Å². The molecule has 0 unspecified atom stereocenters. The van der Waals surface area contributed by atoms with Gasteiger partial charge in [-0.15, -0.1) is 11.3 Å². The summed E-state index contributed by atoms with van der Waals surface area (Å²) >= 11 is 8.33. The molecule has 0 aliphatic carbocycles. The Kier molecular flexibility index (Phi) is 7.35. The molecular formula is C23H29ClN4O3S. The Morgan fingerprint density at radius 1 is 1.22 bits per heavy atom. The monoisotopic (exact) mass is 476 g/mol. The quantitative estimate of drug-likeness (QED) is 0.474. The molecule has 9 heteroatoms. The number of benzene rings is 1. The van der Waals surface area contributed by atoms with Gasteiger partial charge in [-0.05, 0) is 39.8 Å². The van der Waals surface area contributed by atoms with Crippen LogP contribution in [0.25, 0.3) is 22.3 Å². The lowest BCUT2D eigenvalue weighted by atomic mass is 10.1. The maximum absolute atomic E-state index is 6.78. The molecule has 3 aromatic rings. The van der Waals surface area contributed by atoms with Crippen LogP contribution in [0.15, 0.2) is 23.6 Å². The number of ether oxygens (including phenoxy) is 3. The van der Waals surface area contributed by atoms with E-state index in [-0.39, 0.29) is 12.1 Å². The number of thiazole rings is 1. The third kappa shape index (κ3) is 5.43. The number of nitrogens with one attached hydrogen (secondary N) is 2. The molecule has 0 bridgehead atoms.